The van der Waals surface area contributed by atoms with Gasteiger partial charge in [-0.05, 0) is 13.0 Å². The van der Waals surface area contributed by atoms with Gasteiger partial charge >= 0.3 is 0 Å². The van der Waals surface area contributed by atoms with E-state index in [9.17, 15) is 0 Å². The summed E-state index contributed by atoms with van der Waals surface area (Å²) in [5, 5.41) is 15.2. The van der Waals surface area contributed by atoms with Crippen molar-refractivity contribution in [2.75, 3.05) is 5.32 Å². The predicted octanol–water partition coefficient (Wildman–Crippen LogP) is 1.18. The number of aryl methyl sites for hydroxylation is 1. The van der Waals surface area contributed by atoms with Crippen molar-refractivity contribution < 1.29 is 0 Å². The number of anilines is 1. The lowest BCUT2D eigenvalue weighted by Gasteiger charge is -2.07. The molecule has 0 fully saturated rings. The summed E-state index contributed by atoms with van der Waals surface area (Å²) in [5.74, 6) is 0.776. The van der Waals surface area contributed by atoms with Gasteiger partial charge in [0, 0.05) is 12.7 Å². The Morgan fingerprint density at radius 3 is 3.22 bits per heavy atom. The first-order valence-electron chi connectivity index (χ1n) is 5.77. The number of fused-ring (bicyclic) bond motifs is 1. The molecule has 0 aliphatic carbocycles. The van der Waals surface area contributed by atoms with Gasteiger partial charge in [0.05, 0.1) is 23.8 Å². The van der Waals surface area contributed by atoms with Crippen molar-refractivity contribution in [2.24, 2.45) is 0 Å². The Morgan fingerprint density at radius 1 is 1.39 bits per heavy atom. The standard InChI is InChI=1S/C11H13N7/c1-2-18-8(3-4-16-18)5-12-10-9-6-15-17-11(9)14-7-13-10/h3-4,6-7H,2,5H2,1H3,(H2,12,13,14,15,17). The van der Waals surface area contributed by atoms with Crippen LogP contribution in [0.25, 0.3) is 11.0 Å². The van der Waals surface area contributed by atoms with Crippen LogP contribution in [-0.4, -0.2) is 29.9 Å². The SMILES string of the molecule is CCn1nccc1CNc1ncnc2[nH]ncc12. The van der Waals surface area contributed by atoms with E-state index in [-0.39, 0.29) is 0 Å². The van der Waals surface area contributed by atoms with Crippen LogP contribution < -0.4 is 5.32 Å². The Labute approximate surface area is 103 Å². The van der Waals surface area contributed by atoms with Crippen molar-refractivity contribution in [2.45, 2.75) is 20.0 Å². The number of hydrogen-bond donors (Lipinski definition) is 2. The highest BCUT2D eigenvalue weighted by atomic mass is 15.3. The van der Waals surface area contributed by atoms with Crippen molar-refractivity contribution >= 4 is 16.9 Å². The van der Waals surface area contributed by atoms with Crippen LogP contribution >= 0.6 is 0 Å². The molecule has 0 atom stereocenters. The van der Waals surface area contributed by atoms with E-state index in [1.807, 2.05) is 10.7 Å². The summed E-state index contributed by atoms with van der Waals surface area (Å²) in [6, 6.07) is 1.99. The molecule has 2 N–H and O–H groups in total. The van der Waals surface area contributed by atoms with Crippen molar-refractivity contribution in [3.05, 3.63) is 30.5 Å². The Morgan fingerprint density at radius 2 is 2.33 bits per heavy atom. The van der Waals surface area contributed by atoms with E-state index in [2.05, 4.69) is 37.5 Å². The molecular weight excluding hydrogens is 230 g/mol. The summed E-state index contributed by atoms with van der Waals surface area (Å²) in [5.41, 5.74) is 1.85. The third-order valence-corrected chi connectivity index (χ3v) is 2.79. The first kappa shape index (κ1) is 10.7. The predicted molar refractivity (Wildman–Crippen MR) is 66.9 cm³/mol. The number of nitrogens with zero attached hydrogens (tertiary/aromatic N) is 5. The first-order chi connectivity index (χ1) is 8.88. The molecule has 0 saturated carbocycles. The number of aromatic nitrogens is 6. The van der Waals surface area contributed by atoms with Gasteiger partial charge in [0.15, 0.2) is 5.65 Å². The van der Waals surface area contributed by atoms with Gasteiger partial charge in [-0.25, -0.2) is 9.97 Å². The molecule has 0 amide bonds. The molecule has 3 aromatic rings. The molecule has 0 aliphatic heterocycles. The van der Waals surface area contributed by atoms with E-state index in [0.717, 1.165) is 29.1 Å². The fourth-order valence-electron chi connectivity index (χ4n) is 1.88. The minimum Gasteiger partial charge on any atom is -0.364 e. The molecule has 0 radical (unpaired) electrons. The molecule has 7 heteroatoms. The van der Waals surface area contributed by atoms with Crippen LogP contribution in [0.15, 0.2) is 24.8 Å². The highest BCUT2D eigenvalue weighted by Gasteiger charge is 2.06. The van der Waals surface area contributed by atoms with Crippen LogP contribution in [0.2, 0.25) is 0 Å². The highest BCUT2D eigenvalue weighted by molar-refractivity contribution is 5.85. The zero-order chi connectivity index (χ0) is 12.4. The third-order valence-electron chi connectivity index (χ3n) is 2.79. The molecule has 92 valence electrons. The number of hydrogen-bond acceptors (Lipinski definition) is 5. The summed E-state index contributed by atoms with van der Waals surface area (Å²) >= 11 is 0. The Balaban J connectivity index is 1.83. The molecule has 3 heterocycles. The number of nitrogens with one attached hydrogen (secondary N) is 2. The molecule has 7 nitrogen and oxygen atoms in total. The maximum Gasteiger partial charge on any atom is 0.160 e. The monoisotopic (exact) mass is 243 g/mol. The number of rotatable bonds is 4. The largest absolute Gasteiger partial charge is 0.364 e. The first-order valence-corrected chi connectivity index (χ1v) is 5.77. The second kappa shape index (κ2) is 4.44. The molecule has 0 spiro atoms. The van der Waals surface area contributed by atoms with Crippen LogP contribution in [0, 0.1) is 0 Å². The molecule has 0 unspecified atom stereocenters. The van der Waals surface area contributed by atoms with Crippen LogP contribution in [0.1, 0.15) is 12.6 Å². The van der Waals surface area contributed by atoms with Gasteiger partial charge in [-0.3, -0.25) is 9.78 Å². The van der Waals surface area contributed by atoms with Gasteiger partial charge in [0.2, 0.25) is 0 Å². The number of H-pyrrole nitrogens is 1. The average Bonchev–Trinajstić information content (AvgIpc) is 3.04. The van der Waals surface area contributed by atoms with Crippen LogP contribution in [-0.2, 0) is 13.1 Å². The van der Waals surface area contributed by atoms with Gasteiger partial charge in [-0.2, -0.15) is 10.2 Å². The van der Waals surface area contributed by atoms with Crippen molar-refractivity contribution in [3.8, 4) is 0 Å². The fourth-order valence-corrected chi connectivity index (χ4v) is 1.88. The van der Waals surface area contributed by atoms with E-state index in [4.69, 9.17) is 0 Å². The Bertz CT molecular complexity index is 654. The van der Waals surface area contributed by atoms with Gasteiger partial charge in [-0.15, -0.1) is 0 Å². The van der Waals surface area contributed by atoms with E-state index >= 15 is 0 Å². The van der Waals surface area contributed by atoms with Crippen LogP contribution in [0.4, 0.5) is 5.82 Å². The van der Waals surface area contributed by atoms with E-state index in [1.54, 1.807) is 12.4 Å². The zero-order valence-corrected chi connectivity index (χ0v) is 9.96. The summed E-state index contributed by atoms with van der Waals surface area (Å²) < 4.78 is 1.95. The molecule has 3 rings (SSSR count). The third kappa shape index (κ3) is 1.79. The maximum absolute atomic E-state index is 4.22. The smallest absolute Gasteiger partial charge is 0.160 e. The summed E-state index contributed by atoms with van der Waals surface area (Å²) in [4.78, 5) is 8.32. The molecule has 0 aromatic carbocycles. The topological polar surface area (TPSA) is 84.3 Å². The Kier molecular flexibility index (Phi) is 2.64. The van der Waals surface area contributed by atoms with E-state index in [1.165, 1.54) is 6.33 Å². The van der Waals surface area contributed by atoms with Crippen molar-refractivity contribution in [1.82, 2.24) is 29.9 Å². The van der Waals surface area contributed by atoms with E-state index < -0.39 is 0 Å². The Hall–Kier alpha value is -2.44. The normalized spacial score (nSPS) is 10.9. The van der Waals surface area contributed by atoms with Crippen LogP contribution in [0.5, 0.6) is 0 Å². The van der Waals surface area contributed by atoms with Gasteiger partial charge in [0.1, 0.15) is 12.1 Å². The van der Waals surface area contributed by atoms with Crippen molar-refractivity contribution in [3.63, 3.8) is 0 Å². The van der Waals surface area contributed by atoms with Gasteiger partial charge in [-0.1, -0.05) is 0 Å². The minimum atomic E-state index is 0.672. The number of aromatic amines is 1. The quantitative estimate of drug-likeness (QED) is 0.718. The molecule has 0 aliphatic rings. The van der Waals surface area contributed by atoms with Gasteiger partial charge < -0.3 is 5.32 Å². The fraction of sp³-hybridized carbons (Fsp3) is 0.273. The minimum absolute atomic E-state index is 0.672. The maximum atomic E-state index is 4.22. The molecular formula is C11H13N7. The summed E-state index contributed by atoms with van der Waals surface area (Å²) in [7, 11) is 0. The lowest BCUT2D eigenvalue weighted by Crippen LogP contribution is -2.08. The van der Waals surface area contributed by atoms with E-state index in [0.29, 0.717) is 6.54 Å². The molecule has 0 bridgehead atoms. The van der Waals surface area contributed by atoms with Crippen molar-refractivity contribution in [1.29, 1.82) is 0 Å². The summed E-state index contributed by atoms with van der Waals surface area (Å²) in [6.45, 7) is 3.59. The summed E-state index contributed by atoms with van der Waals surface area (Å²) in [6.07, 6.45) is 5.03. The second-order valence-corrected chi connectivity index (χ2v) is 3.85. The highest BCUT2D eigenvalue weighted by Crippen LogP contribution is 2.16. The molecule has 18 heavy (non-hydrogen) atoms. The van der Waals surface area contributed by atoms with Crippen LogP contribution in [0.3, 0.4) is 0 Å². The average molecular weight is 243 g/mol. The van der Waals surface area contributed by atoms with Gasteiger partial charge in [0.25, 0.3) is 0 Å². The molecule has 3 aromatic heterocycles. The molecule has 0 saturated heterocycles. The second-order valence-electron chi connectivity index (χ2n) is 3.85. The lowest BCUT2D eigenvalue weighted by molar-refractivity contribution is 0.627. The lowest BCUT2D eigenvalue weighted by atomic mass is 10.3. The zero-order valence-electron chi connectivity index (χ0n) is 9.96.